The molecule has 0 radical (unpaired) electrons. The Morgan fingerprint density at radius 1 is 1.00 bits per heavy atom. The molecule has 2 aromatic rings. The van der Waals surface area contributed by atoms with E-state index in [0.717, 1.165) is 22.3 Å². The van der Waals surface area contributed by atoms with Gasteiger partial charge in [0.05, 0.1) is 13.0 Å². The van der Waals surface area contributed by atoms with Gasteiger partial charge >= 0.3 is 18.0 Å². The van der Waals surface area contributed by atoms with Gasteiger partial charge in [0.1, 0.15) is 19.3 Å². The topological polar surface area (TPSA) is 90.9 Å². The molecular weight excluding hydrogens is 398 g/mol. The van der Waals surface area contributed by atoms with E-state index in [-0.39, 0.29) is 32.2 Å². The van der Waals surface area contributed by atoms with E-state index in [1.54, 1.807) is 6.92 Å². The van der Waals surface area contributed by atoms with Crippen molar-refractivity contribution in [1.82, 2.24) is 5.32 Å². The summed E-state index contributed by atoms with van der Waals surface area (Å²) in [7, 11) is 0. The largest absolute Gasteiger partial charge is 0.466 e. The molecule has 2 aromatic carbocycles. The third kappa shape index (κ3) is 5.31. The molecule has 7 nitrogen and oxygen atoms in total. The van der Waals surface area contributed by atoms with Gasteiger partial charge in [0.2, 0.25) is 0 Å². The Hall–Kier alpha value is -3.61. The van der Waals surface area contributed by atoms with Crippen LogP contribution in [0, 0.1) is 0 Å². The van der Waals surface area contributed by atoms with Crippen LogP contribution in [-0.4, -0.2) is 43.9 Å². The van der Waals surface area contributed by atoms with Crippen LogP contribution in [0.5, 0.6) is 0 Å². The van der Waals surface area contributed by atoms with Crippen molar-refractivity contribution >= 4 is 18.0 Å². The first-order chi connectivity index (χ1) is 15.0. The second-order valence-electron chi connectivity index (χ2n) is 6.95. The molecule has 1 aliphatic rings. The van der Waals surface area contributed by atoms with E-state index in [0.29, 0.717) is 0 Å². The zero-order valence-electron chi connectivity index (χ0n) is 17.3. The molecule has 0 saturated heterocycles. The van der Waals surface area contributed by atoms with Gasteiger partial charge in [-0.05, 0) is 29.2 Å². The number of hydrogen-bond donors (Lipinski definition) is 1. The SMILES string of the molecule is C=CCOC(=O)[C@H](CC(=O)OCC)NC(=O)OCC1c2ccccc2-c2ccccc21. The third-order valence-corrected chi connectivity index (χ3v) is 4.94. The first-order valence-electron chi connectivity index (χ1n) is 10.1. The molecule has 0 fully saturated rings. The zero-order chi connectivity index (χ0) is 22.2. The highest BCUT2D eigenvalue weighted by atomic mass is 16.6. The van der Waals surface area contributed by atoms with Crippen molar-refractivity contribution in [2.75, 3.05) is 19.8 Å². The van der Waals surface area contributed by atoms with E-state index in [1.165, 1.54) is 6.08 Å². The van der Waals surface area contributed by atoms with Crippen LogP contribution in [0.15, 0.2) is 61.2 Å². The summed E-state index contributed by atoms with van der Waals surface area (Å²) in [5, 5.41) is 2.42. The predicted octanol–water partition coefficient (Wildman–Crippen LogP) is 3.58. The van der Waals surface area contributed by atoms with Crippen molar-refractivity contribution in [2.45, 2.75) is 25.3 Å². The number of fused-ring (bicyclic) bond motifs is 3. The molecule has 1 N–H and O–H groups in total. The standard InChI is InChI=1S/C24H25NO6/c1-3-13-30-23(27)21(14-22(26)29-4-2)25-24(28)31-15-20-18-11-7-5-9-16(18)17-10-6-8-12-19(17)20/h3,5-12,20-21H,1,4,13-15H2,2H3,(H,25,28)/t21-/m0/s1. The Labute approximate surface area is 181 Å². The third-order valence-electron chi connectivity index (χ3n) is 4.94. The summed E-state index contributed by atoms with van der Waals surface area (Å²) in [5.41, 5.74) is 4.37. The van der Waals surface area contributed by atoms with E-state index in [1.807, 2.05) is 48.5 Å². The molecule has 0 aromatic heterocycles. The van der Waals surface area contributed by atoms with Crippen LogP contribution in [-0.2, 0) is 23.8 Å². The minimum atomic E-state index is -1.21. The molecule has 0 aliphatic heterocycles. The maximum absolute atomic E-state index is 12.4. The first-order valence-corrected chi connectivity index (χ1v) is 10.1. The lowest BCUT2D eigenvalue weighted by Gasteiger charge is -2.18. The van der Waals surface area contributed by atoms with Crippen molar-refractivity contribution in [3.8, 4) is 11.1 Å². The van der Waals surface area contributed by atoms with Crippen LogP contribution in [0.25, 0.3) is 11.1 Å². The van der Waals surface area contributed by atoms with Gasteiger partial charge in [0.25, 0.3) is 0 Å². The van der Waals surface area contributed by atoms with Gasteiger partial charge in [0.15, 0.2) is 0 Å². The fraction of sp³-hybridized carbons (Fsp3) is 0.292. The van der Waals surface area contributed by atoms with Gasteiger partial charge < -0.3 is 19.5 Å². The molecule has 0 bridgehead atoms. The summed E-state index contributed by atoms with van der Waals surface area (Å²) < 4.78 is 15.3. The van der Waals surface area contributed by atoms with Crippen molar-refractivity contribution < 1.29 is 28.6 Å². The molecule has 162 valence electrons. The fourth-order valence-corrected chi connectivity index (χ4v) is 3.60. The highest BCUT2D eigenvalue weighted by Crippen LogP contribution is 2.44. The highest BCUT2D eigenvalue weighted by molar-refractivity contribution is 5.86. The smallest absolute Gasteiger partial charge is 0.407 e. The number of benzene rings is 2. The number of carbonyl (C=O) groups excluding carboxylic acids is 3. The van der Waals surface area contributed by atoms with Crippen molar-refractivity contribution in [2.24, 2.45) is 0 Å². The van der Waals surface area contributed by atoms with Crippen LogP contribution in [0.2, 0.25) is 0 Å². The lowest BCUT2D eigenvalue weighted by molar-refractivity contribution is -0.151. The Morgan fingerprint density at radius 2 is 1.61 bits per heavy atom. The monoisotopic (exact) mass is 423 g/mol. The number of carbonyl (C=O) groups is 3. The van der Waals surface area contributed by atoms with Crippen molar-refractivity contribution in [1.29, 1.82) is 0 Å². The maximum atomic E-state index is 12.4. The van der Waals surface area contributed by atoms with E-state index in [2.05, 4.69) is 11.9 Å². The van der Waals surface area contributed by atoms with Crippen LogP contribution < -0.4 is 5.32 Å². The first kappa shape index (κ1) is 22.1. The van der Waals surface area contributed by atoms with Crippen LogP contribution in [0.1, 0.15) is 30.4 Å². The summed E-state index contributed by atoms with van der Waals surface area (Å²) in [6.45, 7) is 5.35. The molecule has 0 spiro atoms. The van der Waals surface area contributed by atoms with Gasteiger partial charge in [-0.2, -0.15) is 0 Å². The molecule has 3 rings (SSSR count). The Kier molecular flexibility index (Phi) is 7.43. The molecular formula is C24H25NO6. The Morgan fingerprint density at radius 3 is 2.19 bits per heavy atom. The van der Waals surface area contributed by atoms with Gasteiger partial charge in [0, 0.05) is 5.92 Å². The zero-order valence-corrected chi connectivity index (χ0v) is 17.3. The number of hydrogen-bond acceptors (Lipinski definition) is 6. The number of ether oxygens (including phenoxy) is 3. The average Bonchev–Trinajstić information content (AvgIpc) is 3.09. The van der Waals surface area contributed by atoms with Crippen molar-refractivity contribution in [3.05, 3.63) is 72.3 Å². The van der Waals surface area contributed by atoms with Gasteiger partial charge in [-0.15, -0.1) is 0 Å². The normalized spacial score (nSPS) is 12.8. The van der Waals surface area contributed by atoms with Crippen molar-refractivity contribution in [3.63, 3.8) is 0 Å². The lowest BCUT2D eigenvalue weighted by Crippen LogP contribution is -2.44. The van der Waals surface area contributed by atoms with Crippen LogP contribution in [0.4, 0.5) is 4.79 Å². The van der Waals surface area contributed by atoms with Crippen LogP contribution >= 0.6 is 0 Å². The van der Waals surface area contributed by atoms with Gasteiger partial charge in [-0.25, -0.2) is 9.59 Å². The highest BCUT2D eigenvalue weighted by Gasteiger charge is 2.30. The minimum Gasteiger partial charge on any atom is -0.466 e. The molecule has 0 heterocycles. The second kappa shape index (κ2) is 10.4. The molecule has 0 unspecified atom stereocenters. The van der Waals surface area contributed by atoms with E-state index < -0.39 is 24.1 Å². The average molecular weight is 423 g/mol. The summed E-state index contributed by atoms with van der Waals surface area (Å²) in [6, 6.07) is 14.7. The Balaban J connectivity index is 1.66. The minimum absolute atomic E-state index is 0.0372. The number of nitrogens with one attached hydrogen (secondary N) is 1. The van der Waals surface area contributed by atoms with E-state index >= 15 is 0 Å². The van der Waals surface area contributed by atoms with Gasteiger partial charge in [-0.1, -0.05) is 61.2 Å². The molecule has 1 atom stereocenters. The fourth-order valence-electron chi connectivity index (χ4n) is 3.60. The summed E-state index contributed by atoms with van der Waals surface area (Å²) in [6.07, 6.45) is 0.229. The van der Waals surface area contributed by atoms with Gasteiger partial charge in [-0.3, -0.25) is 4.79 Å². The molecule has 7 heteroatoms. The Bertz CT molecular complexity index is 925. The number of esters is 2. The molecule has 1 amide bonds. The van der Waals surface area contributed by atoms with Crippen LogP contribution in [0.3, 0.4) is 0 Å². The number of alkyl carbamates (subject to hydrolysis) is 1. The van der Waals surface area contributed by atoms with E-state index in [9.17, 15) is 14.4 Å². The summed E-state index contributed by atoms with van der Waals surface area (Å²) in [4.78, 5) is 36.5. The molecule has 1 aliphatic carbocycles. The molecule has 0 saturated carbocycles. The quantitative estimate of drug-likeness (QED) is 0.377. The van der Waals surface area contributed by atoms with E-state index in [4.69, 9.17) is 14.2 Å². The number of rotatable bonds is 9. The number of amides is 1. The molecule has 31 heavy (non-hydrogen) atoms. The lowest BCUT2D eigenvalue weighted by atomic mass is 9.98. The second-order valence-corrected chi connectivity index (χ2v) is 6.95. The predicted molar refractivity (Wildman–Crippen MR) is 114 cm³/mol. The summed E-state index contributed by atoms with van der Waals surface area (Å²) in [5.74, 6) is -1.50. The maximum Gasteiger partial charge on any atom is 0.407 e. The summed E-state index contributed by atoms with van der Waals surface area (Å²) >= 11 is 0.